The second-order valence-electron chi connectivity index (χ2n) is 8.37. The molecule has 0 aliphatic heterocycles. The Morgan fingerprint density at radius 3 is 2.09 bits per heavy atom. The number of halogens is 1. The molecule has 0 heterocycles. The summed E-state index contributed by atoms with van der Waals surface area (Å²) < 4.78 is 42.6. The first kappa shape index (κ1) is 24.6. The van der Waals surface area contributed by atoms with E-state index in [0.717, 1.165) is 16.7 Å². The van der Waals surface area contributed by atoms with Crippen LogP contribution in [0.1, 0.15) is 40.8 Å². The molecular formula is C26H29FN2O3S. The fraction of sp³-hybridized carbons (Fsp3) is 0.269. The molecule has 0 aromatic heterocycles. The normalized spacial score (nSPS) is 13.4. The van der Waals surface area contributed by atoms with Crippen LogP contribution in [0.25, 0.3) is 0 Å². The summed E-state index contributed by atoms with van der Waals surface area (Å²) >= 11 is 0. The molecule has 3 aromatic carbocycles. The fourth-order valence-electron chi connectivity index (χ4n) is 4.02. The minimum absolute atomic E-state index is 0.186. The maximum atomic E-state index is 13.4. The largest absolute Gasteiger partial charge is 0.348 e. The molecule has 33 heavy (non-hydrogen) atoms. The third-order valence-electron chi connectivity index (χ3n) is 5.50. The Balaban J connectivity index is 1.89. The lowest BCUT2D eigenvalue weighted by Crippen LogP contribution is -2.48. The first-order valence-corrected chi connectivity index (χ1v) is 12.2. The number of rotatable bonds is 8. The van der Waals surface area contributed by atoms with Gasteiger partial charge in [0.2, 0.25) is 15.9 Å². The molecule has 3 aromatic rings. The lowest BCUT2D eigenvalue weighted by molar-refractivity contribution is -0.123. The second kappa shape index (κ2) is 10.3. The molecule has 0 aliphatic rings. The van der Waals surface area contributed by atoms with E-state index in [1.807, 2.05) is 49.4 Å². The number of carbonyl (C=O) groups is 1. The molecule has 2 unspecified atom stereocenters. The summed E-state index contributed by atoms with van der Waals surface area (Å²) in [5, 5.41) is 2.86. The molecule has 2 atom stereocenters. The van der Waals surface area contributed by atoms with E-state index in [2.05, 4.69) is 10.0 Å². The summed E-state index contributed by atoms with van der Waals surface area (Å²) in [5.74, 6) is -0.822. The third kappa shape index (κ3) is 6.27. The van der Waals surface area contributed by atoms with Crippen LogP contribution in [0.15, 0.2) is 71.6 Å². The van der Waals surface area contributed by atoms with E-state index in [9.17, 15) is 17.6 Å². The smallest absolute Gasteiger partial charge is 0.241 e. The summed E-state index contributed by atoms with van der Waals surface area (Å²) in [6.07, 6.45) is 0.187. The molecular weight excluding hydrogens is 439 g/mol. The summed E-state index contributed by atoms with van der Waals surface area (Å²) in [6.45, 7) is 7.18. The molecule has 1 amide bonds. The highest BCUT2D eigenvalue weighted by atomic mass is 32.2. The maximum absolute atomic E-state index is 13.4. The molecule has 0 radical (unpaired) electrons. The van der Waals surface area contributed by atoms with Crippen molar-refractivity contribution < 1.29 is 17.6 Å². The van der Waals surface area contributed by atoms with Gasteiger partial charge in [-0.15, -0.1) is 0 Å². The number of amides is 1. The molecule has 7 heteroatoms. The Morgan fingerprint density at radius 2 is 1.52 bits per heavy atom. The molecule has 0 saturated carbocycles. The van der Waals surface area contributed by atoms with Crippen LogP contribution in [0.2, 0.25) is 0 Å². The van der Waals surface area contributed by atoms with Gasteiger partial charge in [0.15, 0.2) is 0 Å². The van der Waals surface area contributed by atoms with Crippen molar-refractivity contribution in [2.45, 2.75) is 51.1 Å². The van der Waals surface area contributed by atoms with Crippen molar-refractivity contribution in [3.05, 3.63) is 100 Å². The summed E-state index contributed by atoms with van der Waals surface area (Å²) in [7, 11) is -3.97. The number of aryl methyl sites for hydroxylation is 3. The predicted molar refractivity (Wildman–Crippen MR) is 128 cm³/mol. The number of sulfonamides is 1. The van der Waals surface area contributed by atoms with Crippen LogP contribution in [0.3, 0.4) is 0 Å². The van der Waals surface area contributed by atoms with E-state index in [1.54, 1.807) is 32.9 Å². The van der Waals surface area contributed by atoms with E-state index < -0.39 is 28.0 Å². The molecule has 5 nitrogen and oxygen atoms in total. The van der Waals surface area contributed by atoms with Crippen LogP contribution in [-0.4, -0.2) is 20.4 Å². The van der Waals surface area contributed by atoms with Gasteiger partial charge in [0, 0.05) is 0 Å². The topological polar surface area (TPSA) is 75.3 Å². The van der Waals surface area contributed by atoms with Crippen molar-refractivity contribution in [2.24, 2.45) is 0 Å². The molecule has 174 valence electrons. The number of benzene rings is 3. The second-order valence-corrected chi connectivity index (χ2v) is 10.0. The highest BCUT2D eigenvalue weighted by Gasteiger charge is 2.29. The average Bonchev–Trinajstić information content (AvgIpc) is 2.73. The lowest BCUT2D eigenvalue weighted by Gasteiger charge is -2.23. The quantitative estimate of drug-likeness (QED) is 0.511. The monoisotopic (exact) mass is 468 g/mol. The van der Waals surface area contributed by atoms with Gasteiger partial charge in [-0.1, -0.05) is 60.2 Å². The summed E-state index contributed by atoms with van der Waals surface area (Å²) in [4.78, 5) is 13.4. The molecule has 0 saturated heterocycles. The first-order valence-electron chi connectivity index (χ1n) is 10.8. The van der Waals surface area contributed by atoms with E-state index >= 15 is 0 Å². The summed E-state index contributed by atoms with van der Waals surface area (Å²) in [5.41, 5.74) is 3.76. The van der Waals surface area contributed by atoms with Gasteiger partial charge in [-0.05, 0) is 68.5 Å². The van der Waals surface area contributed by atoms with Crippen LogP contribution in [0, 0.1) is 26.6 Å². The first-order chi connectivity index (χ1) is 15.6. The van der Waals surface area contributed by atoms with Crippen molar-refractivity contribution in [3.8, 4) is 0 Å². The minimum Gasteiger partial charge on any atom is -0.348 e. The third-order valence-corrected chi connectivity index (χ3v) is 7.27. The fourth-order valence-corrected chi connectivity index (χ4v) is 5.67. The van der Waals surface area contributed by atoms with Gasteiger partial charge in [-0.25, -0.2) is 12.8 Å². The molecule has 0 fully saturated rings. The number of hydrogen-bond acceptors (Lipinski definition) is 3. The Hall–Kier alpha value is -3.03. The van der Waals surface area contributed by atoms with Gasteiger partial charge in [0.25, 0.3) is 0 Å². The van der Waals surface area contributed by atoms with E-state index in [4.69, 9.17) is 0 Å². The van der Waals surface area contributed by atoms with Crippen LogP contribution in [0.5, 0.6) is 0 Å². The van der Waals surface area contributed by atoms with E-state index in [1.165, 1.54) is 12.1 Å². The Bertz CT molecular complexity index is 1200. The van der Waals surface area contributed by atoms with E-state index in [0.29, 0.717) is 11.1 Å². The van der Waals surface area contributed by atoms with Gasteiger partial charge in [-0.2, -0.15) is 4.72 Å². The Kier molecular flexibility index (Phi) is 7.66. The van der Waals surface area contributed by atoms with Gasteiger partial charge in [-0.3, -0.25) is 4.79 Å². The lowest BCUT2D eigenvalue weighted by atomic mass is 10.0. The molecule has 0 bridgehead atoms. The predicted octanol–water partition coefficient (Wildman–Crippen LogP) is 4.52. The number of carbonyl (C=O) groups excluding carboxylic acids is 1. The van der Waals surface area contributed by atoms with Crippen LogP contribution < -0.4 is 10.0 Å². The highest BCUT2D eigenvalue weighted by Crippen LogP contribution is 2.22. The average molecular weight is 469 g/mol. The number of nitrogens with one attached hydrogen (secondary N) is 2. The van der Waals surface area contributed by atoms with Gasteiger partial charge in [0.1, 0.15) is 11.9 Å². The van der Waals surface area contributed by atoms with Crippen molar-refractivity contribution in [2.75, 3.05) is 0 Å². The van der Waals surface area contributed by atoms with Crippen LogP contribution in [0.4, 0.5) is 4.39 Å². The van der Waals surface area contributed by atoms with Crippen LogP contribution >= 0.6 is 0 Å². The van der Waals surface area contributed by atoms with Crippen LogP contribution in [-0.2, 0) is 21.2 Å². The number of hydrogen-bond donors (Lipinski definition) is 2. The Morgan fingerprint density at radius 1 is 0.939 bits per heavy atom. The highest BCUT2D eigenvalue weighted by molar-refractivity contribution is 7.89. The van der Waals surface area contributed by atoms with Crippen molar-refractivity contribution in [1.29, 1.82) is 0 Å². The zero-order valence-corrected chi connectivity index (χ0v) is 20.0. The molecule has 3 rings (SSSR count). The molecule has 0 spiro atoms. The molecule has 0 aliphatic carbocycles. The van der Waals surface area contributed by atoms with Crippen molar-refractivity contribution >= 4 is 15.9 Å². The SMILES string of the molecule is Cc1cc(C)c(S(=O)(=O)NC(Cc2ccccc2)C(=O)NC(C)c2ccc(F)cc2)c(C)c1. The van der Waals surface area contributed by atoms with Gasteiger partial charge < -0.3 is 5.32 Å². The summed E-state index contributed by atoms with van der Waals surface area (Å²) in [6, 6.07) is 17.2. The van der Waals surface area contributed by atoms with Gasteiger partial charge in [0.05, 0.1) is 10.9 Å². The van der Waals surface area contributed by atoms with Crippen molar-refractivity contribution in [3.63, 3.8) is 0 Å². The zero-order valence-electron chi connectivity index (χ0n) is 19.2. The van der Waals surface area contributed by atoms with E-state index in [-0.39, 0.29) is 17.1 Å². The minimum atomic E-state index is -3.97. The molecule has 2 N–H and O–H groups in total. The zero-order chi connectivity index (χ0) is 24.2. The van der Waals surface area contributed by atoms with Gasteiger partial charge >= 0.3 is 0 Å². The maximum Gasteiger partial charge on any atom is 0.241 e. The standard InChI is InChI=1S/C26H29FN2O3S/c1-17-14-18(2)25(19(3)15-17)33(31,32)29-24(16-21-8-6-5-7-9-21)26(30)28-20(4)22-10-12-23(27)13-11-22/h5-15,20,24,29H,16H2,1-4H3,(H,28,30). The van der Waals surface area contributed by atoms with Crippen molar-refractivity contribution in [1.82, 2.24) is 10.0 Å². The Labute approximate surface area is 195 Å².